The van der Waals surface area contributed by atoms with Gasteiger partial charge in [0, 0.05) is 32.7 Å². The molecule has 3 amide bonds. The van der Waals surface area contributed by atoms with E-state index in [1.165, 1.54) is 7.05 Å². The lowest BCUT2D eigenvalue weighted by molar-refractivity contribution is -0.197. The maximum Gasteiger partial charge on any atom is 0.333 e. The van der Waals surface area contributed by atoms with Gasteiger partial charge in [-0.25, -0.2) is 10.6 Å². The lowest BCUT2D eigenvalue weighted by atomic mass is 10.2. The Kier molecular flexibility index (Phi) is 4.78. The molecule has 0 bridgehead atoms. The number of carbonyl (C=O) groups excluding carboxylic acids is 4. The number of hydrogen-bond acceptors (Lipinski definition) is 6. The molecule has 0 spiro atoms. The Labute approximate surface area is 104 Å². The molecule has 1 saturated heterocycles. The minimum atomic E-state index is -0.717. The summed E-state index contributed by atoms with van der Waals surface area (Å²) >= 11 is 0. The van der Waals surface area contributed by atoms with E-state index < -0.39 is 17.8 Å². The summed E-state index contributed by atoms with van der Waals surface area (Å²) in [6, 6.07) is 0. The van der Waals surface area contributed by atoms with Gasteiger partial charge in [-0.3, -0.25) is 19.4 Å². The number of nitrogens with zero attached hydrogens (tertiary/aromatic N) is 2. The van der Waals surface area contributed by atoms with Crippen LogP contribution in [0.4, 0.5) is 0 Å². The number of hydrogen-bond donors (Lipinski definition) is 1. The predicted molar refractivity (Wildman–Crippen MR) is 58.0 cm³/mol. The second-order valence-electron chi connectivity index (χ2n) is 3.90. The summed E-state index contributed by atoms with van der Waals surface area (Å²) < 4.78 is 0. The van der Waals surface area contributed by atoms with Gasteiger partial charge in [-0.05, 0) is 6.42 Å². The monoisotopic (exact) mass is 257 g/mol. The van der Waals surface area contributed by atoms with E-state index in [1.807, 2.05) is 0 Å². The van der Waals surface area contributed by atoms with E-state index in [0.717, 1.165) is 5.01 Å². The van der Waals surface area contributed by atoms with Crippen molar-refractivity contribution < 1.29 is 24.0 Å². The topological polar surface area (TPSA) is 110 Å². The number of imide groups is 1. The SMILES string of the molecule is CN(N)C(=O)CCCC(=O)ON1C(=O)CCC1=O. The molecule has 0 aromatic carbocycles. The van der Waals surface area contributed by atoms with E-state index in [2.05, 4.69) is 4.84 Å². The largest absolute Gasteiger partial charge is 0.333 e. The van der Waals surface area contributed by atoms with Crippen molar-refractivity contribution in [1.82, 2.24) is 10.1 Å². The molecule has 8 heteroatoms. The molecule has 100 valence electrons. The third-order valence-corrected chi connectivity index (χ3v) is 2.36. The number of nitrogens with two attached hydrogens (primary N) is 1. The standard InChI is InChI=1S/C10H15N3O5/c1-12(11)7(14)3-2-4-10(17)18-13-8(15)5-6-9(13)16/h2-6,11H2,1H3. The average Bonchev–Trinajstić information content (AvgIpc) is 2.60. The van der Waals surface area contributed by atoms with Gasteiger partial charge in [0.25, 0.3) is 11.8 Å². The van der Waals surface area contributed by atoms with E-state index in [9.17, 15) is 19.2 Å². The molecule has 1 rings (SSSR count). The normalized spacial score (nSPS) is 14.9. The fraction of sp³-hybridized carbons (Fsp3) is 0.600. The second kappa shape index (κ2) is 6.10. The van der Waals surface area contributed by atoms with Crippen LogP contribution in [0.5, 0.6) is 0 Å². The van der Waals surface area contributed by atoms with Gasteiger partial charge >= 0.3 is 5.97 Å². The van der Waals surface area contributed by atoms with Gasteiger partial charge in [-0.1, -0.05) is 0 Å². The smallest absolute Gasteiger partial charge is 0.330 e. The van der Waals surface area contributed by atoms with Crippen LogP contribution in [0.25, 0.3) is 0 Å². The fourth-order valence-electron chi connectivity index (χ4n) is 1.37. The molecule has 0 unspecified atom stereocenters. The summed E-state index contributed by atoms with van der Waals surface area (Å²) in [6.07, 6.45) is 0.404. The van der Waals surface area contributed by atoms with Gasteiger partial charge in [0.1, 0.15) is 0 Å². The van der Waals surface area contributed by atoms with Crippen molar-refractivity contribution in [2.45, 2.75) is 32.1 Å². The molecule has 0 atom stereocenters. The van der Waals surface area contributed by atoms with Gasteiger partial charge in [0.2, 0.25) is 5.91 Å². The van der Waals surface area contributed by atoms with Crippen LogP contribution in [0.3, 0.4) is 0 Å². The number of hydrazine groups is 1. The molecule has 2 N–H and O–H groups in total. The minimum absolute atomic E-state index is 0.0581. The van der Waals surface area contributed by atoms with Crippen molar-refractivity contribution >= 4 is 23.7 Å². The first-order valence-corrected chi connectivity index (χ1v) is 5.49. The Bertz CT molecular complexity index is 364. The van der Waals surface area contributed by atoms with E-state index in [4.69, 9.17) is 5.84 Å². The van der Waals surface area contributed by atoms with Crippen LogP contribution < -0.4 is 5.84 Å². The lowest BCUT2D eigenvalue weighted by Gasteiger charge is -2.12. The molecule has 1 aliphatic rings. The van der Waals surface area contributed by atoms with E-state index >= 15 is 0 Å². The lowest BCUT2D eigenvalue weighted by Crippen LogP contribution is -2.33. The highest BCUT2D eigenvalue weighted by molar-refractivity contribution is 6.01. The highest BCUT2D eigenvalue weighted by Gasteiger charge is 2.32. The van der Waals surface area contributed by atoms with Crippen LogP contribution in [0.2, 0.25) is 0 Å². The van der Waals surface area contributed by atoms with Crippen LogP contribution in [0, 0.1) is 0 Å². The molecular formula is C10H15N3O5. The highest BCUT2D eigenvalue weighted by atomic mass is 16.7. The summed E-state index contributed by atoms with van der Waals surface area (Å²) in [5, 5.41) is 1.41. The third kappa shape index (κ3) is 3.81. The zero-order valence-electron chi connectivity index (χ0n) is 10.0. The molecule has 18 heavy (non-hydrogen) atoms. The van der Waals surface area contributed by atoms with E-state index in [1.54, 1.807) is 0 Å². The number of hydroxylamine groups is 2. The number of carbonyl (C=O) groups is 4. The minimum Gasteiger partial charge on any atom is -0.330 e. The molecule has 0 aromatic heterocycles. The zero-order chi connectivity index (χ0) is 13.7. The van der Waals surface area contributed by atoms with E-state index in [-0.39, 0.29) is 38.0 Å². The molecule has 0 aliphatic carbocycles. The molecule has 0 radical (unpaired) electrons. The maximum absolute atomic E-state index is 11.3. The van der Waals surface area contributed by atoms with Crippen molar-refractivity contribution in [2.24, 2.45) is 5.84 Å². The first-order valence-electron chi connectivity index (χ1n) is 5.49. The Morgan fingerprint density at radius 3 is 2.33 bits per heavy atom. The van der Waals surface area contributed by atoms with Crippen molar-refractivity contribution in [2.75, 3.05) is 7.05 Å². The Hall–Kier alpha value is -1.96. The molecule has 0 aromatic rings. The van der Waals surface area contributed by atoms with Crippen LogP contribution >= 0.6 is 0 Å². The molecule has 8 nitrogen and oxygen atoms in total. The van der Waals surface area contributed by atoms with Crippen molar-refractivity contribution in [3.63, 3.8) is 0 Å². The highest BCUT2D eigenvalue weighted by Crippen LogP contribution is 2.13. The molecule has 1 aliphatic heterocycles. The van der Waals surface area contributed by atoms with Gasteiger partial charge in [0.05, 0.1) is 0 Å². The summed E-state index contributed by atoms with van der Waals surface area (Å²) in [6.45, 7) is 0. The Morgan fingerprint density at radius 1 is 1.28 bits per heavy atom. The summed E-state index contributed by atoms with van der Waals surface area (Å²) in [5.74, 6) is 3.12. The van der Waals surface area contributed by atoms with Crippen LogP contribution in [0.15, 0.2) is 0 Å². The third-order valence-electron chi connectivity index (χ3n) is 2.36. The number of rotatable bonds is 5. The van der Waals surface area contributed by atoms with Crippen LogP contribution in [-0.4, -0.2) is 40.8 Å². The average molecular weight is 257 g/mol. The van der Waals surface area contributed by atoms with Gasteiger partial charge in [-0.2, -0.15) is 0 Å². The zero-order valence-corrected chi connectivity index (χ0v) is 10.0. The van der Waals surface area contributed by atoms with Gasteiger partial charge in [0.15, 0.2) is 0 Å². The quantitative estimate of drug-likeness (QED) is 0.295. The maximum atomic E-state index is 11.3. The summed E-state index contributed by atoms with van der Waals surface area (Å²) in [5.41, 5.74) is 0. The number of amides is 3. The fourth-order valence-corrected chi connectivity index (χ4v) is 1.37. The first-order chi connectivity index (χ1) is 8.41. The summed E-state index contributed by atoms with van der Waals surface area (Å²) in [7, 11) is 1.40. The molecule has 1 heterocycles. The van der Waals surface area contributed by atoms with Gasteiger partial charge < -0.3 is 4.84 Å². The molecule has 0 saturated carbocycles. The second-order valence-corrected chi connectivity index (χ2v) is 3.90. The van der Waals surface area contributed by atoms with Crippen molar-refractivity contribution in [1.29, 1.82) is 0 Å². The van der Waals surface area contributed by atoms with Crippen molar-refractivity contribution in [3.05, 3.63) is 0 Å². The predicted octanol–water partition coefficient (Wildman–Crippen LogP) is -0.904. The molecule has 1 fully saturated rings. The van der Waals surface area contributed by atoms with Crippen molar-refractivity contribution in [3.8, 4) is 0 Å². The molecular weight excluding hydrogens is 242 g/mol. The van der Waals surface area contributed by atoms with Crippen LogP contribution in [-0.2, 0) is 24.0 Å². The summed E-state index contributed by atoms with van der Waals surface area (Å²) in [4.78, 5) is 49.3. The van der Waals surface area contributed by atoms with Crippen LogP contribution in [0.1, 0.15) is 32.1 Å². The Balaban J connectivity index is 2.28. The van der Waals surface area contributed by atoms with Gasteiger partial charge in [-0.15, -0.1) is 5.06 Å². The first kappa shape index (κ1) is 14.1. The van der Waals surface area contributed by atoms with E-state index in [0.29, 0.717) is 5.06 Å². The Morgan fingerprint density at radius 2 is 1.83 bits per heavy atom.